The molecule has 9 heteroatoms. The van der Waals surface area contributed by atoms with E-state index in [1.165, 1.54) is 4.31 Å². The van der Waals surface area contributed by atoms with E-state index in [1.54, 1.807) is 23.1 Å². The highest BCUT2D eigenvalue weighted by Crippen LogP contribution is 2.27. The summed E-state index contributed by atoms with van der Waals surface area (Å²) in [5.41, 5.74) is 2.19. The topological polar surface area (TPSA) is 86.8 Å². The summed E-state index contributed by atoms with van der Waals surface area (Å²) in [6, 6.07) is 13.9. The van der Waals surface area contributed by atoms with Gasteiger partial charge in [0.25, 0.3) is 0 Å². The lowest BCUT2D eigenvalue weighted by Gasteiger charge is -2.31. The molecule has 0 aliphatic carbocycles. The SMILES string of the molecule is CCC(C(=O)NC(C)C)N(Cc1ccccc1)C(=O)CCCN(c1cc(Cl)ccc1C)S(C)(=O)=O. The van der Waals surface area contributed by atoms with Crippen molar-refractivity contribution in [3.63, 3.8) is 0 Å². The summed E-state index contributed by atoms with van der Waals surface area (Å²) < 4.78 is 26.3. The van der Waals surface area contributed by atoms with E-state index in [2.05, 4.69) is 5.32 Å². The number of halogens is 1. The van der Waals surface area contributed by atoms with Crippen LogP contribution in [0.15, 0.2) is 48.5 Å². The number of nitrogens with zero attached hydrogens (tertiary/aromatic N) is 2. The normalized spacial score (nSPS) is 12.3. The van der Waals surface area contributed by atoms with Crippen molar-refractivity contribution in [1.29, 1.82) is 0 Å². The molecule has 0 radical (unpaired) electrons. The van der Waals surface area contributed by atoms with E-state index in [9.17, 15) is 18.0 Å². The number of hydrogen-bond acceptors (Lipinski definition) is 4. The largest absolute Gasteiger partial charge is 0.352 e. The van der Waals surface area contributed by atoms with Gasteiger partial charge in [-0.3, -0.25) is 13.9 Å². The van der Waals surface area contributed by atoms with E-state index in [1.807, 2.05) is 58.0 Å². The van der Waals surface area contributed by atoms with E-state index in [-0.39, 0.29) is 30.8 Å². The molecule has 7 nitrogen and oxygen atoms in total. The van der Waals surface area contributed by atoms with Gasteiger partial charge in [-0.05, 0) is 56.9 Å². The first-order chi connectivity index (χ1) is 16.4. The third-order valence-electron chi connectivity index (χ3n) is 5.60. The zero-order valence-corrected chi connectivity index (χ0v) is 22.7. The van der Waals surface area contributed by atoms with E-state index < -0.39 is 16.1 Å². The van der Waals surface area contributed by atoms with Gasteiger partial charge in [0.05, 0.1) is 11.9 Å². The molecule has 35 heavy (non-hydrogen) atoms. The highest BCUT2D eigenvalue weighted by atomic mass is 35.5. The summed E-state index contributed by atoms with van der Waals surface area (Å²) in [7, 11) is -3.59. The molecule has 0 fully saturated rings. The Balaban J connectivity index is 2.22. The predicted molar refractivity (Wildman–Crippen MR) is 142 cm³/mol. The predicted octanol–water partition coefficient (Wildman–Crippen LogP) is 4.53. The van der Waals surface area contributed by atoms with Crippen LogP contribution in [-0.2, 0) is 26.2 Å². The number of amides is 2. The van der Waals surface area contributed by atoms with E-state index >= 15 is 0 Å². The van der Waals surface area contributed by atoms with Crippen LogP contribution in [0.4, 0.5) is 5.69 Å². The van der Waals surface area contributed by atoms with Crippen molar-refractivity contribution >= 4 is 39.1 Å². The standard InChI is InChI=1S/C26H36ClN3O4S/c1-6-23(26(32)28-19(2)3)29(18-21-11-8-7-9-12-21)25(31)13-10-16-30(35(5,33)34)24-17-22(27)15-14-20(24)4/h7-9,11-12,14-15,17,19,23H,6,10,13,16,18H2,1-5H3,(H,28,32). The fraction of sp³-hybridized carbons (Fsp3) is 0.462. The number of anilines is 1. The van der Waals surface area contributed by atoms with Crippen LogP contribution in [0.25, 0.3) is 0 Å². The average Bonchev–Trinajstić information content (AvgIpc) is 2.77. The minimum absolute atomic E-state index is 0.0468. The average molecular weight is 522 g/mol. The summed E-state index contributed by atoms with van der Waals surface area (Å²) in [6.07, 6.45) is 2.00. The first kappa shape index (κ1) is 28.7. The van der Waals surface area contributed by atoms with Gasteiger partial charge in [-0.25, -0.2) is 8.42 Å². The smallest absolute Gasteiger partial charge is 0.243 e. The number of carbonyl (C=O) groups is 2. The Bertz CT molecular complexity index is 1110. The molecule has 1 unspecified atom stereocenters. The van der Waals surface area contributed by atoms with Crippen molar-refractivity contribution in [1.82, 2.24) is 10.2 Å². The monoisotopic (exact) mass is 521 g/mol. The molecule has 192 valence electrons. The van der Waals surface area contributed by atoms with Gasteiger partial charge in [-0.15, -0.1) is 0 Å². The van der Waals surface area contributed by atoms with Gasteiger partial charge in [0.15, 0.2) is 0 Å². The molecule has 0 aliphatic rings. The highest BCUT2D eigenvalue weighted by Gasteiger charge is 2.29. The molecule has 2 aromatic rings. The van der Waals surface area contributed by atoms with Crippen LogP contribution in [0.5, 0.6) is 0 Å². The summed E-state index contributed by atoms with van der Waals surface area (Å²) in [4.78, 5) is 27.9. The van der Waals surface area contributed by atoms with Crippen molar-refractivity contribution in [2.24, 2.45) is 0 Å². The van der Waals surface area contributed by atoms with Gasteiger partial charge >= 0.3 is 0 Å². The molecule has 0 saturated carbocycles. The van der Waals surface area contributed by atoms with Gasteiger partial charge in [0.2, 0.25) is 21.8 Å². The Hall–Kier alpha value is -2.58. The zero-order chi connectivity index (χ0) is 26.2. The molecule has 1 N–H and O–H groups in total. The van der Waals surface area contributed by atoms with Crippen LogP contribution in [0.3, 0.4) is 0 Å². The molecule has 0 saturated heterocycles. The molecule has 2 aromatic carbocycles. The Morgan fingerprint density at radius 3 is 2.31 bits per heavy atom. The third-order valence-corrected chi connectivity index (χ3v) is 7.02. The number of aryl methyl sites for hydroxylation is 1. The number of sulfonamides is 1. The van der Waals surface area contributed by atoms with Crippen LogP contribution in [0.2, 0.25) is 5.02 Å². The molecule has 1 atom stereocenters. The first-order valence-corrected chi connectivity index (χ1v) is 14.0. The molecule has 0 bridgehead atoms. The van der Waals surface area contributed by atoms with Gasteiger partial charge in [-0.1, -0.05) is 54.9 Å². The summed E-state index contributed by atoms with van der Waals surface area (Å²) in [5, 5.41) is 3.35. The second-order valence-electron chi connectivity index (χ2n) is 8.96. The number of benzene rings is 2. The maximum Gasteiger partial charge on any atom is 0.243 e. The highest BCUT2D eigenvalue weighted by molar-refractivity contribution is 7.92. The molecule has 0 spiro atoms. The lowest BCUT2D eigenvalue weighted by atomic mass is 10.1. The summed E-state index contributed by atoms with van der Waals surface area (Å²) in [5.74, 6) is -0.394. The quantitative estimate of drug-likeness (QED) is 0.444. The lowest BCUT2D eigenvalue weighted by Crippen LogP contribution is -2.50. The molecule has 0 aromatic heterocycles. The van der Waals surface area contributed by atoms with Crippen LogP contribution in [0, 0.1) is 6.92 Å². The molecule has 2 rings (SSSR count). The minimum Gasteiger partial charge on any atom is -0.352 e. The summed E-state index contributed by atoms with van der Waals surface area (Å²) in [6.45, 7) is 7.88. The van der Waals surface area contributed by atoms with Crippen LogP contribution in [0.1, 0.15) is 51.2 Å². The van der Waals surface area contributed by atoms with Gasteiger partial charge in [-0.2, -0.15) is 0 Å². The minimum atomic E-state index is -3.59. The van der Waals surface area contributed by atoms with Crippen molar-refractivity contribution in [2.75, 3.05) is 17.1 Å². The Labute approximate surface area is 214 Å². The molecule has 2 amide bonds. The second kappa shape index (κ2) is 12.9. The van der Waals surface area contributed by atoms with Gasteiger partial charge < -0.3 is 10.2 Å². The zero-order valence-electron chi connectivity index (χ0n) is 21.1. The fourth-order valence-corrected chi connectivity index (χ4v) is 5.10. The van der Waals surface area contributed by atoms with Gasteiger partial charge in [0.1, 0.15) is 6.04 Å². The number of rotatable bonds is 12. The van der Waals surface area contributed by atoms with Crippen LogP contribution in [-0.4, -0.2) is 50.0 Å². The van der Waals surface area contributed by atoms with Crippen molar-refractivity contribution in [3.05, 3.63) is 64.7 Å². The maximum atomic E-state index is 13.4. The Morgan fingerprint density at radius 1 is 1.09 bits per heavy atom. The van der Waals surface area contributed by atoms with E-state index in [0.29, 0.717) is 30.1 Å². The van der Waals surface area contributed by atoms with E-state index in [0.717, 1.165) is 17.4 Å². The first-order valence-electron chi connectivity index (χ1n) is 11.8. The van der Waals surface area contributed by atoms with Gasteiger partial charge in [0, 0.05) is 30.6 Å². The van der Waals surface area contributed by atoms with Crippen molar-refractivity contribution < 1.29 is 18.0 Å². The fourth-order valence-electron chi connectivity index (χ4n) is 3.91. The molecule has 0 aliphatic heterocycles. The molecular weight excluding hydrogens is 486 g/mol. The van der Waals surface area contributed by atoms with E-state index in [4.69, 9.17) is 11.6 Å². The lowest BCUT2D eigenvalue weighted by molar-refractivity contribution is -0.141. The third kappa shape index (κ3) is 8.54. The Kier molecular flexibility index (Phi) is 10.6. The van der Waals surface area contributed by atoms with Crippen molar-refractivity contribution in [3.8, 4) is 0 Å². The second-order valence-corrected chi connectivity index (χ2v) is 11.3. The maximum absolute atomic E-state index is 13.4. The van der Waals surface area contributed by atoms with Crippen molar-refractivity contribution in [2.45, 2.75) is 65.6 Å². The number of carbonyl (C=O) groups excluding carboxylic acids is 2. The number of hydrogen-bond donors (Lipinski definition) is 1. The molecular formula is C26H36ClN3O4S. The summed E-state index contributed by atoms with van der Waals surface area (Å²) >= 11 is 6.11. The molecule has 0 heterocycles. The van der Waals surface area contributed by atoms with Crippen LogP contribution >= 0.6 is 11.6 Å². The number of nitrogens with one attached hydrogen (secondary N) is 1. The Morgan fingerprint density at radius 2 is 1.74 bits per heavy atom. The van der Waals surface area contributed by atoms with Crippen LogP contribution < -0.4 is 9.62 Å².